The molecule has 18 heavy (non-hydrogen) atoms. The minimum atomic E-state index is 0.741. The Bertz CT molecular complexity index is 665. The molecule has 0 fully saturated rings. The second-order valence-electron chi connectivity index (χ2n) is 4.21. The molecule has 0 aliphatic heterocycles. The summed E-state index contributed by atoms with van der Waals surface area (Å²) < 4.78 is 16.8. The van der Waals surface area contributed by atoms with Gasteiger partial charge in [0.2, 0.25) is 0 Å². The van der Waals surface area contributed by atoms with Crippen molar-refractivity contribution < 1.29 is 13.9 Å². The van der Waals surface area contributed by atoms with Crippen molar-refractivity contribution in [3.8, 4) is 11.5 Å². The summed E-state index contributed by atoms with van der Waals surface area (Å²) in [7, 11) is 3.33. The van der Waals surface area contributed by atoms with E-state index in [0.717, 1.165) is 39.0 Å². The van der Waals surface area contributed by atoms with Crippen LogP contribution in [0.15, 0.2) is 34.7 Å². The molecule has 0 aliphatic carbocycles. The number of benzene rings is 2. The van der Waals surface area contributed by atoms with E-state index in [-0.39, 0.29) is 0 Å². The lowest BCUT2D eigenvalue weighted by Gasteiger charge is -2.11. The molecule has 0 atom stereocenters. The number of hydrogen-bond donors (Lipinski definition) is 0. The lowest BCUT2D eigenvalue weighted by Crippen LogP contribution is -1.90. The Morgan fingerprint density at radius 1 is 0.889 bits per heavy atom. The van der Waals surface area contributed by atoms with Crippen molar-refractivity contribution in [2.75, 3.05) is 14.2 Å². The molecular formula is C15H14O3. The summed E-state index contributed by atoms with van der Waals surface area (Å²) in [4.78, 5) is 0. The van der Waals surface area contributed by atoms with E-state index in [1.165, 1.54) is 0 Å². The van der Waals surface area contributed by atoms with Gasteiger partial charge >= 0.3 is 0 Å². The van der Waals surface area contributed by atoms with Crippen LogP contribution in [0, 0.1) is 6.92 Å². The third-order valence-electron chi connectivity index (χ3n) is 3.13. The van der Waals surface area contributed by atoms with Crippen LogP contribution in [0.25, 0.3) is 21.7 Å². The summed E-state index contributed by atoms with van der Waals surface area (Å²) in [6, 6.07) is 9.98. The smallest absolute Gasteiger partial charge is 0.180 e. The number of hydrogen-bond acceptors (Lipinski definition) is 3. The molecule has 0 aliphatic rings. The zero-order chi connectivity index (χ0) is 12.7. The Morgan fingerprint density at radius 3 is 2.11 bits per heavy atom. The molecule has 0 bridgehead atoms. The summed E-state index contributed by atoms with van der Waals surface area (Å²) in [5.74, 6) is 2.43. The van der Waals surface area contributed by atoms with E-state index in [9.17, 15) is 0 Å². The van der Waals surface area contributed by atoms with Crippen molar-refractivity contribution in [1.29, 1.82) is 0 Å². The zero-order valence-electron chi connectivity index (χ0n) is 10.6. The van der Waals surface area contributed by atoms with Gasteiger partial charge in [-0.2, -0.15) is 0 Å². The predicted molar refractivity (Wildman–Crippen MR) is 71.6 cm³/mol. The van der Waals surface area contributed by atoms with Crippen LogP contribution in [0.2, 0.25) is 0 Å². The molecule has 3 aromatic rings. The van der Waals surface area contributed by atoms with E-state index in [4.69, 9.17) is 13.9 Å². The SMILES string of the molecule is COc1c2ccccc2c(OC)c2oc(C)cc12. The van der Waals surface area contributed by atoms with Crippen LogP contribution in [0.1, 0.15) is 5.76 Å². The maximum atomic E-state index is 5.74. The van der Waals surface area contributed by atoms with Gasteiger partial charge in [0.05, 0.1) is 19.6 Å². The van der Waals surface area contributed by atoms with Crippen LogP contribution in [0.5, 0.6) is 11.5 Å². The van der Waals surface area contributed by atoms with Crippen molar-refractivity contribution in [2.45, 2.75) is 6.92 Å². The Hall–Kier alpha value is -2.16. The minimum Gasteiger partial charge on any atom is -0.495 e. The molecule has 3 heteroatoms. The number of rotatable bonds is 2. The normalized spacial score (nSPS) is 11.1. The number of ether oxygens (including phenoxy) is 2. The fourth-order valence-electron chi connectivity index (χ4n) is 2.42. The zero-order valence-corrected chi connectivity index (χ0v) is 10.6. The molecule has 3 rings (SSSR count). The Balaban J connectivity index is 2.60. The highest BCUT2D eigenvalue weighted by Crippen LogP contribution is 2.43. The van der Waals surface area contributed by atoms with Gasteiger partial charge in [0.25, 0.3) is 0 Å². The molecule has 0 amide bonds. The van der Waals surface area contributed by atoms with Gasteiger partial charge in [-0.15, -0.1) is 0 Å². The Morgan fingerprint density at radius 2 is 1.50 bits per heavy atom. The molecule has 1 heterocycles. The van der Waals surface area contributed by atoms with Crippen LogP contribution in [0.3, 0.4) is 0 Å². The van der Waals surface area contributed by atoms with Gasteiger partial charge in [0, 0.05) is 10.8 Å². The predicted octanol–water partition coefficient (Wildman–Crippen LogP) is 3.91. The molecule has 0 N–H and O–H groups in total. The first-order valence-corrected chi connectivity index (χ1v) is 5.79. The van der Waals surface area contributed by atoms with Gasteiger partial charge in [0.1, 0.15) is 11.5 Å². The van der Waals surface area contributed by atoms with Crippen molar-refractivity contribution in [3.05, 3.63) is 36.1 Å². The average Bonchev–Trinajstić information content (AvgIpc) is 2.76. The third kappa shape index (κ3) is 1.37. The van der Waals surface area contributed by atoms with E-state index in [1.807, 2.05) is 37.3 Å². The first-order chi connectivity index (χ1) is 8.76. The fourth-order valence-corrected chi connectivity index (χ4v) is 2.42. The van der Waals surface area contributed by atoms with E-state index in [1.54, 1.807) is 14.2 Å². The number of aryl methyl sites for hydroxylation is 1. The molecule has 0 saturated carbocycles. The number of fused-ring (bicyclic) bond motifs is 2. The van der Waals surface area contributed by atoms with E-state index >= 15 is 0 Å². The van der Waals surface area contributed by atoms with Crippen molar-refractivity contribution in [1.82, 2.24) is 0 Å². The highest BCUT2D eigenvalue weighted by molar-refractivity contribution is 6.09. The van der Waals surface area contributed by atoms with Crippen LogP contribution in [-0.4, -0.2) is 14.2 Å². The first-order valence-electron chi connectivity index (χ1n) is 5.79. The molecule has 1 aromatic heterocycles. The summed E-state index contributed by atoms with van der Waals surface area (Å²) in [5.41, 5.74) is 0.741. The highest BCUT2D eigenvalue weighted by Gasteiger charge is 2.18. The van der Waals surface area contributed by atoms with E-state index in [2.05, 4.69) is 0 Å². The van der Waals surface area contributed by atoms with Crippen molar-refractivity contribution in [3.63, 3.8) is 0 Å². The standard InChI is InChI=1S/C15H14O3/c1-9-8-12-13(16-2)10-6-4-5-7-11(10)14(17-3)15(12)18-9/h4-8H,1-3H3. The molecular weight excluding hydrogens is 228 g/mol. The topological polar surface area (TPSA) is 31.6 Å². The van der Waals surface area contributed by atoms with E-state index < -0.39 is 0 Å². The largest absolute Gasteiger partial charge is 0.495 e. The lowest BCUT2D eigenvalue weighted by atomic mass is 10.1. The average molecular weight is 242 g/mol. The van der Waals surface area contributed by atoms with Gasteiger partial charge in [-0.3, -0.25) is 0 Å². The van der Waals surface area contributed by atoms with Gasteiger partial charge in [-0.25, -0.2) is 0 Å². The van der Waals surface area contributed by atoms with Gasteiger partial charge in [-0.1, -0.05) is 24.3 Å². The van der Waals surface area contributed by atoms with Gasteiger partial charge < -0.3 is 13.9 Å². The van der Waals surface area contributed by atoms with Crippen LogP contribution >= 0.6 is 0 Å². The quantitative estimate of drug-likeness (QED) is 0.682. The Labute approximate surface area is 105 Å². The molecule has 0 unspecified atom stereocenters. The van der Waals surface area contributed by atoms with Gasteiger partial charge in [0.15, 0.2) is 11.3 Å². The lowest BCUT2D eigenvalue weighted by molar-refractivity contribution is 0.409. The van der Waals surface area contributed by atoms with Crippen LogP contribution in [0.4, 0.5) is 0 Å². The van der Waals surface area contributed by atoms with Crippen molar-refractivity contribution in [2.24, 2.45) is 0 Å². The van der Waals surface area contributed by atoms with Crippen molar-refractivity contribution >= 4 is 21.7 Å². The molecule has 0 radical (unpaired) electrons. The molecule has 92 valence electrons. The fraction of sp³-hybridized carbons (Fsp3) is 0.200. The Kier molecular flexibility index (Phi) is 2.40. The maximum absolute atomic E-state index is 5.74. The maximum Gasteiger partial charge on any atom is 0.180 e. The van der Waals surface area contributed by atoms with Crippen LogP contribution in [-0.2, 0) is 0 Å². The first kappa shape index (κ1) is 11.0. The second kappa shape index (κ2) is 3.95. The molecule has 0 spiro atoms. The molecule has 2 aromatic carbocycles. The van der Waals surface area contributed by atoms with Crippen LogP contribution < -0.4 is 9.47 Å². The van der Waals surface area contributed by atoms with Gasteiger partial charge in [-0.05, 0) is 13.0 Å². The second-order valence-corrected chi connectivity index (χ2v) is 4.21. The minimum absolute atomic E-state index is 0.741. The third-order valence-corrected chi connectivity index (χ3v) is 3.13. The highest BCUT2D eigenvalue weighted by atomic mass is 16.5. The summed E-state index contributed by atoms with van der Waals surface area (Å²) in [6.07, 6.45) is 0. The van der Waals surface area contributed by atoms with E-state index in [0.29, 0.717) is 0 Å². The monoisotopic (exact) mass is 242 g/mol. The molecule has 0 saturated heterocycles. The summed E-state index contributed by atoms with van der Waals surface area (Å²) in [5, 5.41) is 2.98. The summed E-state index contributed by atoms with van der Waals surface area (Å²) >= 11 is 0. The summed E-state index contributed by atoms with van der Waals surface area (Å²) in [6.45, 7) is 1.92. The molecule has 3 nitrogen and oxygen atoms in total. The number of methoxy groups -OCH3 is 2. The number of furan rings is 1.